The molecule has 0 unspecified atom stereocenters. The maximum absolute atomic E-state index is 12.4. The van der Waals surface area contributed by atoms with Gasteiger partial charge in [0.05, 0.1) is 5.56 Å². The van der Waals surface area contributed by atoms with E-state index in [1.165, 1.54) is 6.07 Å². The summed E-state index contributed by atoms with van der Waals surface area (Å²) in [6.45, 7) is 0.656. The Morgan fingerprint density at radius 1 is 1.10 bits per heavy atom. The van der Waals surface area contributed by atoms with E-state index in [1.54, 1.807) is 12.4 Å². The van der Waals surface area contributed by atoms with Crippen LogP contribution in [-0.4, -0.2) is 22.0 Å². The molecular formula is C12H11F3N4S. The lowest BCUT2D eigenvalue weighted by atomic mass is 10.3. The predicted octanol–water partition coefficient (Wildman–Crippen LogP) is 2.76. The van der Waals surface area contributed by atoms with E-state index in [2.05, 4.69) is 20.3 Å². The van der Waals surface area contributed by atoms with Gasteiger partial charge in [-0.1, -0.05) is 0 Å². The van der Waals surface area contributed by atoms with E-state index in [0.29, 0.717) is 16.7 Å². The van der Waals surface area contributed by atoms with Crippen molar-refractivity contribution in [2.45, 2.75) is 22.9 Å². The summed E-state index contributed by atoms with van der Waals surface area (Å²) in [4.78, 5) is 12.0. The molecule has 0 bridgehead atoms. The average molecular weight is 300 g/mol. The first-order chi connectivity index (χ1) is 9.49. The van der Waals surface area contributed by atoms with Gasteiger partial charge in [0.15, 0.2) is 5.16 Å². The summed E-state index contributed by atoms with van der Waals surface area (Å²) in [7, 11) is 1.81. The van der Waals surface area contributed by atoms with Gasteiger partial charge in [0.2, 0.25) is 0 Å². The van der Waals surface area contributed by atoms with Crippen LogP contribution in [0, 0.1) is 0 Å². The van der Waals surface area contributed by atoms with Crippen LogP contribution < -0.4 is 5.32 Å². The highest BCUT2D eigenvalue weighted by atomic mass is 32.2. The summed E-state index contributed by atoms with van der Waals surface area (Å²) >= 11 is 1.11. The van der Waals surface area contributed by atoms with Crippen molar-refractivity contribution in [1.29, 1.82) is 0 Å². The zero-order chi connectivity index (χ0) is 14.6. The summed E-state index contributed by atoms with van der Waals surface area (Å²) in [6.07, 6.45) is -0.245. The van der Waals surface area contributed by atoms with Crippen molar-refractivity contribution in [2.24, 2.45) is 0 Å². The second-order valence-electron chi connectivity index (χ2n) is 3.89. The van der Waals surface area contributed by atoms with E-state index in [1.807, 2.05) is 7.05 Å². The largest absolute Gasteiger partial charge is 0.417 e. The summed E-state index contributed by atoms with van der Waals surface area (Å²) in [5, 5.41) is 3.83. The van der Waals surface area contributed by atoms with Crippen molar-refractivity contribution in [2.75, 3.05) is 7.05 Å². The van der Waals surface area contributed by atoms with Crippen LogP contribution in [0.25, 0.3) is 0 Å². The average Bonchev–Trinajstić information content (AvgIpc) is 2.41. The van der Waals surface area contributed by atoms with Crippen molar-refractivity contribution in [1.82, 2.24) is 20.3 Å². The molecule has 20 heavy (non-hydrogen) atoms. The minimum absolute atomic E-state index is 0.416. The zero-order valence-corrected chi connectivity index (χ0v) is 11.3. The normalized spacial score (nSPS) is 11.6. The Bertz CT molecular complexity index is 554. The molecule has 0 spiro atoms. The van der Waals surface area contributed by atoms with E-state index >= 15 is 0 Å². The Hall–Kier alpha value is -1.67. The molecule has 0 aliphatic carbocycles. The van der Waals surface area contributed by atoms with Gasteiger partial charge in [0.25, 0.3) is 0 Å². The van der Waals surface area contributed by atoms with Crippen molar-refractivity contribution < 1.29 is 13.2 Å². The monoisotopic (exact) mass is 300 g/mol. The van der Waals surface area contributed by atoms with Crippen molar-refractivity contribution in [3.8, 4) is 0 Å². The highest BCUT2D eigenvalue weighted by Crippen LogP contribution is 2.30. The van der Waals surface area contributed by atoms with Gasteiger partial charge >= 0.3 is 6.18 Å². The molecule has 1 N–H and O–H groups in total. The third kappa shape index (κ3) is 3.91. The molecule has 0 amide bonds. The number of halogens is 3. The molecule has 2 heterocycles. The van der Waals surface area contributed by atoms with Crippen molar-refractivity contribution >= 4 is 11.8 Å². The first-order valence-electron chi connectivity index (χ1n) is 5.65. The molecule has 0 aliphatic rings. The van der Waals surface area contributed by atoms with Crippen LogP contribution in [0.3, 0.4) is 0 Å². The van der Waals surface area contributed by atoms with Gasteiger partial charge in [0.1, 0.15) is 5.03 Å². The van der Waals surface area contributed by atoms with Gasteiger partial charge in [-0.25, -0.2) is 15.0 Å². The van der Waals surface area contributed by atoms with E-state index < -0.39 is 11.7 Å². The molecule has 2 aromatic rings. The van der Waals surface area contributed by atoms with Gasteiger partial charge in [-0.15, -0.1) is 0 Å². The summed E-state index contributed by atoms with van der Waals surface area (Å²) in [5.41, 5.74) is 0.157. The van der Waals surface area contributed by atoms with E-state index in [0.717, 1.165) is 29.6 Å². The van der Waals surface area contributed by atoms with Gasteiger partial charge in [-0.2, -0.15) is 13.2 Å². The molecule has 4 nitrogen and oxygen atoms in total. The maximum Gasteiger partial charge on any atom is 0.417 e. The Morgan fingerprint density at radius 3 is 2.30 bits per heavy atom. The fourth-order valence-corrected chi connectivity index (χ4v) is 2.03. The lowest BCUT2D eigenvalue weighted by molar-refractivity contribution is -0.137. The minimum Gasteiger partial charge on any atom is -0.316 e. The first kappa shape index (κ1) is 14.7. The van der Waals surface area contributed by atoms with Crippen LogP contribution in [0.4, 0.5) is 13.2 Å². The standard InChI is InChI=1S/C12H11F3N4S/c1-16-4-8-5-18-11(19-6-8)20-10-3-2-9(7-17-10)12(13,14)15/h2-3,5-7,16H,4H2,1H3. The number of pyridine rings is 1. The predicted molar refractivity (Wildman–Crippen MR) is 68.2 cm³/mol. The van der Waals surface area contributed by atoms with Crippen LogP contribution in [0.15, 0.2) is 40.9 Å². The quantitative estimate of drug-likeness (QED) is 0.880. The number of nitrogens with one attached hydrogen (secondary N) is 1. The molecule has 2 rings (SSSR count). The molecule has 0 saturated carbocycles. The molecule has 0 atom stereocenters. The van der Waals surface area contributed by atoms with Gasteiger partial charge in [-0.3, -0.25) is 0 Å². The Kier molecular flexibility index (Phi) is 4.56. The SMILES string of the molecule is CNCc1cnc(Sc2ccc(C(F)(F)F)cn2)nc1. The fourth-order valence-electron chi connectivity index (χ4n) is 1.39. The van der Waals surface area contributed by atoms with Crippen LogP contribution in [0.1, 0.15) is 11.1 Å². The van der Waals surface area contributed by atoms with Crippen molar-refractivity contribution in [3.05, 3.63) is 41.9 Å². The number of aromatic nitrogens is 3. The summed E-state index contributed by atoms with van der Waals surface area (Å²) < 4.78 is 37.2. The van der Waals surface area contributed by atoms with Gasteiger partial charge in [0, 0.05) is 30.7 Å². The third-order valence-electron chi connectivity index (χ3n) is 2.32. The smallest absolute Gasteiger partial charge is 0.316 e. The Labute approximate surface area is 117 Å². The molecular weight excluding hydrogens is 289 g/mol. The van der Waals surface area contributed by atoms with Crippen LogP contribution >= 0.6 is 11.8 Å². The molecule has 0 fully saturated rings. The number of rotatable bonds is 4. The Balaban J connectivity index is 2.06. The van der Waals surface area contributed by atoms with E-state index in [-0.39, 0.29) is 0 Å². The number of hydrogen-bond donors (Lipinski definition) is 1. The highest BCUT2D eigenvalue weighted by Gasteiger charge is 2.30. The molecule has 8 heteroatoms. The maximum atomic E-state index is 12.4. The fraction of sp³-hybridized carbons (Fsp3) is 0.250. The summed E-state index contributed by atoms with van der Waals surface area (Å²) in [5.74, 6) is 0. The zero-order valence-electron chi connectivity index (χ0n) is 10.5. The van der Waals surface area contributed by atoms with Crippen LogP contribution in [-0.2, 0) is 12.7 Å². The molecule has 0 aromatic carbocycles. The Morgan fingerprint density at radius 2 is 1.80 bits per heavy atom. The molecule has 106 valence electrons. The van der Waals surface area contributed by atoms with Crippen LogP contribution in [0.2, 0.25) is 0 Å². The molecule has 2 aromatic heterocycles. The van der Waals surface area contributed by atoms with Gasteiger partial charge in [-0.05, 0) is 30.9 Å². The van der Waals surface area contributed by atoms with Crippen molar-refractivity contribution in [3.63, 3.8) is 0 Å². The summed E-state index contributed by atoms with van der Waals surface area (Å²) in [6, 6.07) is 2.29. The van der Waals surface area contributed by atoms with Crippen LogP contribution in [0.5, 0.6) is 0 Å². The lowest BCUT2D eigenvalue weighted by Crippen LogP contribution is -2.06. The molecule has 0 aliphatic heterocycles. The second kappa shape index (κ2) is 6.19. The number of alkyl halides is 3. The lowest BCUT2D eigenvalue weighted by Gasteiger charge is -2.06. The minimum atomic E-state index is -4.37. The highest BCUT2D eigenvalue weighted by molar-refractivity contribution is 7.99. The topological polar surface area (TPSA) is 50.7 Å². The van der Waals surface area contributed by atoms with Gasteiger partial charge < -0.3 is 5.32 Å². The molecule has 0 radical (unpaired) electrons. The molecule has 0 saturated heterocycles. The number of hydrogen-bond acceptors (Lipinski definition) is 5. The third-order valence-corrected chi connectivity index (χ3v) is 3.17. The second-order valence-corrected chi connectivity index (χ2v) is 4.88. The number of nitrogens with zero attached hydrogens (tertiary/aromatic N) is 3. The first-order valence-corrected chi connectivity index (χ1v) is 6.47. The van der Waals surface area contributed by atoms with E-state index in [4.69, 9.17) is 0 Å². The van der Waals surface area contributed by atoms with E-state index in [9.17, 15) is 13.2 Å².